The van der Waals surface area contributed by atoms with Crippen LogP contribution in [0.5, 0.6) is 0 Å². The fourth-order valence-corrected chi connectivity index (χ4v) is 2.34. The summed E-state index contributed by atoms with van der Waals surface area (Å²) < 4.78 is 0. The van der Waals surface area contributed by atoms with Gasteiger partial charge in [-0.1, -0.05) is 54.1 Å². The van der Waals surface area contributed by atoms with Gasteiger partial charge in [-0.2, -0.15) is 0 Å². The Bertz CT molecular complexity index is 403. The zero-order valence-corrected chi connectivity index (χ0v) is 10.2. The maximum absolute atomic E-state index is 9.28. The van der Waals surface area contributed by atoms with Crippen molar-refractivity contribution in [2.75, 3.05) is 6.61 Å². The lowest BCUT2D eigenvalue weighted by atomic mass is 9.82. The summed E-state index contributed by atoms with van der Waals surface area (Å²) in [5.41, 5.74) is 4.04. The van der Waals surface area contributed by atoms with Crippen LogP contribution in [0.1, 0.15) is 24.8 Å². The molecule has 1 atom stereocenters. The molecule has 0 aromatic heterocycles. The Balaban J connectivity index is 1.96. The number of benzene rings is 1. The minimum atomic E-state index is 0.238. The number of aliphatic hydroxyl groups excluding tert-OH is 1. The number of hydrogen-bond acceptors (Lipinski definition) is 1. The summed E-state index contributed by atoms with van der Waals surface area (Å²) in [6.07, 6.45) is 6.46. The molecule has 1 aliphatic rings. The lowest BCUT2D eigenvalue weighted by Crippen LogP contribution is -2.15. The van der Waals surface area contributed by atoms with Crippen molar-refractivity contribution in [3.8, 4) is 0 Å². The topological polar surface area (TPSA) is 20.2 Å². The zero-order chi connectivity index (χ0) is 12.1. The molecule has 2 rings (SSSR count). The first-order chi connectivity index (χ1) is 8.29. The summed E-state index contributed by atoms with van der Waals surface area (Å²) in [4.78, 5) is 0. The summed E-state index contributed by atoms with van der Waals surface area (Å²) in [5.74, 6) is 0.283. The largest absolute Gasteiger partial charge is 0.396 e. The predicted molar refractivity (Wildman–Crippen MR) is 71.8 cm³/mol. The molecule has 0 bridgehead atoms. The highest BCUT2D eigenvalue weighted by Gasteiger charge is 2.19. The van der Waals surface area contributed by atoms with E-state index in [1.54, 1.807) is 0 Å². The summed E-state index contributed by atoms with van der Waals surface area (Å²) in [6, 6.07) is 10.5. The van der Waals surface area contributed by atoms with Crippen LogP contribution in [0.2, 0.25) is 0 Å². The third kappa shape index (κ3) is 3.31. The molecule has 0 heterocycles. The monoisotopic (exact) mass is 228 g/mol. The maximum Gasteiger partial charge on any atom is 0.0499 e. The average molecular weight is 228 g/mol. The zero-order valence-electron chi connectivity index (χ0n) is 10.2. The fraction of sp³-hybridized carbons (Fsp3) is 0.375. The molecule has 1 nitrogen and oxygen atoms in total. The van der Waals surface area contributed by atoms with Gasteiger partial charge in [0.05, 0.1) is 0 Å². The Labute approximate surface area is 103 Å². The molecule has 0 amide bonds. The van der Waals surface area contributed by atoms with Crippen LogP contribution < -0.4 is 0 Å². The van der Waals surface area contributed by atoms with Crippen LogP contribution in [0.3, 0.4) is 0 Å². The molecular weight excluding hydrogens is 208 g/mol. The Morgan fingerprint density at radius 2 is 2.00 bits per heavy atom. The molecule has 0 radical (unpaired) electrons. The Hall–Kier alpha value is -1.34. The molecule has 90 valence electrons. The lowest BCUT2D eigenvalue weighted by Gasteiger charge is -2.25. The first kappa shape index (κ1) is 12.1. The summed E-state index contributed by atoms with van der Waals surface area (Å²) >= 11 is 0. The molecule has 0 aliphatic heterocycles. The highest BCUT2D eigenvalue weighted by atomic mass is 16.3. The minimum absolute atomic E-state index is 0.238. The third-order valence-corrected chi connectivity index (χ3v) is 3.54. The second kappa shape index (κ2) is 5.83. The van der Waals surface area contributed by atoms with Gasteiger partial charge in [0.15, 0.2) is 0 Å². The molecule has 1 heteroatoms. The van der Waals surface area contributed by atoms with Crippen molar-refractivity contribution in [1.29, 1.82) is 0 Å². The molecule has 1 fully saturated rings. The number of aliphatic hydroxyl groups is 1. The first-order valence-electron chi connectivity index (χ1n) is 6.30. The van der Waals surface area contributed by atoms with Gasteiger partial charge in [-0.3, -0.25) is 0 Å². The maximum atomic E-state index is 9.28. The van der Waals surface area contributed by atoms with Gasteiger partial charge in [0.2, 0.25) is 0 Å². The molecule has 17 heavy (non-hydrogen) atoms. The van der Waals surface area contributed by atoms with Crippen LogP contribution in [-0.2, 0) is 6.42 Å². The van der Waals surface area contributed by atoms with E-state index in [9.17, 15) is 5.11 Å². The smallest absolute Gasteiger partial charge is 0.0499 e. The summed E-state index contributed by atoms with van der Waals surface area (Å²) in [7, 11) is 0. The van der Waals surface area contributed by atoms with Crippen molar-refractivity contribution < 1.29 is 5.11 Å². The first-order valence-corrected chi connectivity index (χ1v) is 6.30. The number of allylic oxidation sites excluding steroid dienone is 2. The van der Waals surface area contributed by atoms with E-state index in [0.717, 1.165) is 25.7 Å². The standard InChI is InChI=1S/C16H20O/c1-13-7-8-15(11-16(13)12-17)10-9-14-5-3-2-4-6-14/h2-6,10,16-17H,1,7-9,11-12H2/b15-10+/t16-/m0/s1. The van der Waals surface area contributed by atoms with Gasteiger partial charge in [-0.15, -0.1) is 0 Å². The molecule has 0 unspecified atom stereocenters. The van der Waals surface area contributed by atoms with Crippen molar-refractivity contribution in [2.24, 2.45) is 5.92 Å². The molecule has 1 N–H and O–H groups in total. The summed E-state index contributed by atoms with van der Waals surface area (Å²) in [6.45, 7) is 4.27. The van der Waals surface area contributed by atoms with Gasteiger partial charge in [-0.05, 0) is 31.2 Å². The van der Waals surface area contributed by atoms with Crippen molar-refractivity contribution in [2.45, 2.75) is 25.7 Å². The quantitative estimate of drug-likeness (QED) is 0.785. The highest BCUT2D eigenvalue weighted by Crippen LogP contribution is 2.31. The van der Waals surface area contributed by atoms with Crippen LogP contribution in [0.4, 0.5) is 0 Å². The van der Waals surface area contributed by atoms with Gasteiger partial charge < -0.3 is 5.11 Å². The van der Waals surface area contributed by atoms with E-state index in [2.05, 4.69) is 36.9 Å². The summed E-state index contributed by atoms with van der Waals surface area (Å²) in [5, 5.41) is 9.28. The number of hydrogen-bond donors (Lipinski definition) is 1. The second-order valence-electron chi connectivity index (χ2n) is 4.79. The molecule has 0 spiro atoms. The van der Waals surface area contributed by atoms with E-state index in [1.807, 2.05) is 6.07 Å². The SMILES string of the molecule is C=C1CC/C(=C\Cc2ccccc2)C[C@H]1CO. The Kier molecular flexibility index (Phi) is 4.16. The van der Waals surface area contributed by atoms with Crippen LogP contribution in [0.25, 0.3) is 0 Å². The molecule has 1 aromatic carbocycles. The van der Waals surface area contributed by atoms with E-state index in [-0.39, 0.29) is 12.5 Å². The fourth-order valence-electron chi connectivity index (χ4n) is 2.34. The van der Waals surface area contributed by atoms with Gasteiger partial charge in [0.1, 0.15) is 0 Å². The van der Waals surface area contributed by atoms with E-state index >= 15 is 0 Å². The van der Waals surface area contributed by atoms with Crippen LogP contribution >= 0.6 is 0 Å². The van der Waals surface area contributed by atoms with E-state index in [4.69, 9.17) is 0 Å². The molecule has 1 aliphatic carbocycles. The van der Waals surface area contributed by atoms with E-state index in [1.165, 1.54) is 16.7 Å². The Morgan fingerprint density at radius 1 is 1.24 bits per heavy atom. The third-order valence-electron chi connectivity index (χ3n) is 3.54. The highest BCUT2D eigenvalue weighted by molar-refractivity contribution is 5.22. The normalized spacial score (nSPS) is 23.0. The van der Waals surface area contributed by atoms with Crippen molar-refractivity contribution in [3.05, 3.63) is 59.7 Å². The second-order valence-corrected chi connectivity index (χ2v) is 4.79. The van der Waals surface area contributed by atoms with Crippen LogP contribution in [0, 0.1) is 5.92 Å². The molecule has 0 saturated heterocycles. The van der Waals surface area contributed by atoms with Gasteiger partial charge in [0, 0.05) is 12.5 Å². The van der Waals surface area contributed by atoms with Gasteiger partial charge >= 0.3 is 0 Å². The lowest BCUT2D eigenvalue weighted by molar-refractivity contribution is 0.237. The number of rotatable bonds is 3. The Morgan fingerprint density at radius 3 is 2.71 bits per heavy atom. The molecular formula is C16H20O. The van der Waals surface area contributed by atoms with E-state index < -0.39 is 0 Å². The minimum Gasteiger partial charge on any atom is -0.396 e. The van der Waals surface area contributed by atoms with Gasteiger partial charge in [0.25, 0.3) is 0 Å². The van der Waals surface area contributed by atoms with Crippen molar-refractivity contribution >= 4 is 0 Å². The van der Waals surface area contributed by atoms with Crippen molar-refractivity contribution in [1.82, 2.24) is 0 Å². The molecule has 1 saturated carbocycles. The van der Waals surface area contributed by atoms with Gasteiger partial charge in [-0.25, -0.2) is 0 Å². The van der Waals surface area contributed by atoms with Crippen molar-refractivity contribution in [3.63, 3.8) is 0 Å². The predicted octanol–water partition coefficient (Wildman–Crippen LogP) is 3.50. The van der Waals surface area contributed by atoms with Crippen LogP contribution in [-0.4, -0.2) is 11.7 Å². The molecule has 1 aromatic rings. The average Bonchev–Trinajstić information content (AvgIpc) is 2.39. The van der Waals surface area contributed by atoms with E-state index in [0.29, 0.717) is 0 Å². The van der Waals surface area contributed by atoms with Crippen LogP contribution in [0.15, 0.2) is 54.1 Å².